The molecule has 3 unspecified atom stereocenters. The summed E-state index contributed by atoms with van der Waals surface area (Å²) in [5, 5.41) is 3.67. The summed E-state index contributed by atoms with van der Waals surface area (Å²) >= 11 is 0. The molecule has 0 radical (unpaired) electrons. The van der Waals surface area contributed by atoms with Crippen LogP contribution in [0.5, 0.6) is 0 Å². The van der Waals surface area contributed by atoms with Gasteiger partial charge in [0.1, 0.15) is 0 Å². The Morgan fingerprint density at radius 1 is 1.33 bits per heavy atom. The van der Waals surface area contributed by atoms with Gasteiger partial charge in [-0.1, -0.05) is 44.2 Å². The summed E-state index contributed by atoms with van der Waals surface area (Å²) in [5.74, 6) is 0.670. The zero-order valence-electron chi connectivity index (χ0n) is 11.6. The standard InChI is InChI=1S/C16H25NO/c1-3-10-17-15(16-13(2)9-11-18-16)12-14-7-5-4-6-8-14/h4-8,13,15-17H,3,9-12H2,1-2H3. The number of rotatable bonds is 6. The molecule has 0 bridgehead atoms. The van der Waals surface area contributed by atoms with Crippen LogP contribution in [0.2, 0.25) is 0 Å². The summed E-state index contributed by atoms with van der Waals surface area (Å²) in [6, 6.07) is 11.2. The minimum atomic E-state index is 0.372. The van der Waals surface area contributed by atoms with Gasteiger partial charge in [-0.25, -0.2) is 0 Å². The maximum Gasteiger partial charge on any atom is 0.0757 e. The molecule has 1 aromatic rings. The molecule has 3 atom stereocenters. The molecule has 1 aliphatic heterocycles. The number of benzene rings is 1. The van der Waals surface area contributed by atoms with Gasteiger partial charge in [-0.2, -0.15) is 0 Å². The first-order valence-electron chi connectivity index (χ1n) is 7.20. The van der Waals surface area contributed by atoms with Crippen LogP contribution in [-0.2, 0) is 11.2 Å². The van der Waals surface area contributed by atoms with Gasteiger partial charge in [-0.05, 0) is 37.3 Å². The Bertz CT molecular complexity index is 338. The summed E-state index contributed by atoms with van der Waals surface area (Å²) in [7, 11) is 0. The van der Waals surface area contributed by atoms with Crippen molar-refractivity contribution in [3.05, 3.63) is 35.9 Å². The first-order chi connectivity index (χ1) is 8.81. The van der Waals surface area contributed by atoms with Crippen LogP contribution in [-0.4, -0.2) is 25.3 Å². The van der Waals surface area contributed by atoms with Gasteiger partial charge in [-0.15, -0.1) is 0 Å². The van der Waals surface area contributed by atoms with Gasteiger partial charge < -0.3 is 10.1 Å². The van der Waals surface area contributed by atoms with Gasteiger partial charge in [0, 0.05) is 12.6 Å². The minimum Gasteiger partial charge on any atom is -0.376 e. The lowest BCUT2D eigenvalue weighted by atomic mass is 9.93. The summed E-state index contributed by atoms with van der Waals surface area (Å²) < 4.78 is 5.93. The van der Waals surface area contributed by atoms with Crippen molar-refractivity contribution < 1.29 is 4.74 Å². The molecule has 1 aromatic carbocycles. The Kier molecular flexibility index (Phi) is 5.21. The second kappa shape index (κ2) is 6.91. The van der Waals surface area contributed by atoms with Crippen LogP contribution in [0.3, 0.4) is 0 Å². The third-order valence-electron chi connectivity index (χ3n) is 3.80. The van der Waals surface area contributed by atoms with E-state index in [1.807, 2.05) is 0 Å². The van der Waals surface area contributed by atoms with Crippen LogP contribution >= 0.6 is 0 Å². The molecular formula is C16H25NO. The lowest BCUT2D eigenvalue weighted by Crippen LogP contribution is -2.44. The zero-order chi connectivity index (χ0) is 12.8. The van der Waals surface area contributed by atoms with Crippen molar-refractivity contribution in [2.75, 3.05) is 13.2 Å². The van der Waals surface area contributed by atoms with E-state index in [0.29, 0.717) is 18.1 Å². The number of nitrogens with one attached hydrogen (secondary N) is 1. The molecule has 0 spiro atoms. The van der Waals surface area contributed by atoms with Crippen molar-refractivity contribution in [2.45, 2.75) is 45.3 Å². The topological polar surface area (TPSA) is 21.3 Å². The van der Waals surface area contributed by atoms with Crippen LogP contribution in [0.1, 0.15) is 32.3 Å². The van der Waals surface area contributed by atoms with Crippen LogP contribution in [0.25, 0.3) is 0 Å². The van der Waals surface area contributed by atoms with E-state index in [9.17, 15) is 0 Å². The van der Waals surface area contributed by atoms with Crippen molar-refractivity contribution in [2.24, 2.45) is 5.92 Å². The quantitative estimate of drug-likeness (QED) is 0.834. The van der Waals surface area contributed by atoms with E-state index in [1.165, 1.54) is 18.4 Å². The Morgan fingerprint density at radius 3 is 2.72 bits per heavy atom. The van der Waals surface area contributed by atoms with E-state index in [4.69, 9.17) is 4.74 Å². The Balaban J connectivity index is 2.00. The third kappa shape index (κ3) is 3.56. The van der Waals surface area contributed by atoms with Crippen molar-refractivity contribution in [1.82, 2.24) is 5.32 Å². The SMILES string of the molecule is CCCNC(Cc1ccccc1)C1OCCC1C. The second-order valence-corrected chi connectivity index (χ2v) is 5.35. The van der Waals surface area contributed by atoms with Crippen molar-refractivity contribution in [1.29, 1.82) is 0 Å². The fourth-order valence-corrected chi connectivity index (χ4v) is 2.73. The predicted octanol–water partition coefficient (Wildman–Crippen LogP) is 3.02. The van der Waals surface area contributed by atoms with Crippen molar-refractivity contribution >= 4 is 0 Å². The molecule has 1 N–H and O–H groups in total. The molecule has 1 saturated heterocycles. The summed E-state index contributed by atoms with van der Waals surface area (Å²) in [6.07, 6.45) is 3.81. The monoisotopic (exact) mass is 247 g/mol. The molecule has 0 aliphatic carbocycles. The average Bonchev–Trinajstić information content (AvgIpc) is 2.82. The van der Waals surface area contributed by atoms with Crippen LogP contribution in [0, 0.1) is 5.92 Å². The largest absolute Gasteiger partial charge is 0.376 e. The summed E-state index contributed by atoms with van der Waals surface area (Å²) in [6.45, 7) is 6.52. The molecule has 2 rings (SSSR count). The fraction of sp³-hybridized carbons (Fsp3) is 0.625. The van der Waals surface area contributed by atoms with Gasteiger partial charge in [-0.3, -0.25) is 0 Å². The van der Waals surface area contributed by atoms with Crippen LogP contribution < -0.4 is 5.32 Å². The molecule has 2 heteroatoms. The Morgan fingerprint density at radius 2 is 2.11 bits per heavy atom. The average molecular weight is 247 g/mol. The molecule has 0 saturated carbocycles. The highest BCUT2D eigenvalue weighted by Gasteiger charge is 2.31. The molecule has 18 heavy (non-hydrogen) atoms. The van der Waals surface area contributed by atoms with Gasteiger partial charge >= 0.3 is 0 Å². The maximum atomic E-state index is 5.93. The van der Waals surface area contributed by atoms with Gasteiger partial charge in [0.15, 0.2) is 0 Å². The van der Waals surface area contributed by atoms with Gasteiger partial charge in [0.2, 0.25) is 0 Å². The molecule has 1 fully saturated rings. The van der Waals surface area contributed by atoms with Gasteiger partial charge in [0.05, 0.1) is 6.10 Å². The number of hydrogen-bond acceptors (Lipinski definition) is 2. The third-order valence-corrected chi connectivity index (χ3v) is 3.80. The van der Waals surface area contributed by atoms with E-state index >= 15 is 0 Å². The molecular weight excluding hydrogens is 222 g/mol. The predicted molar refractivity (Wildman–Crippen MR) is 75.7 cm³/mol. The summed E-state index contributed by atoms with van der Waals surface area (Å²) in [5.41, 5.74) is 1.40. The highest BCUT2D eigenvalue weighted by atomic mass is 16.5. The van der Waals surface area contributed by atoms with Crippen molar-refractivity contribution in [3.8, 4) is 0 Å². The zero-order valence-corrected chi connectivity index (χ0v) is 11.6. The van der Waals surface area contributed by atoms with Crippen LogP contribution in [0.15, 0.2) is 30.3 Å². The molecule has 1 heterocycles. The first-order valence-corrected chi connectivity index (χ1v) is 7.20. The maximum absolute atomic E-state index is 5.93. The normalized spacial score (nSPS) is 25.2. The van der Waals surface area contributed by atoms with E-state index in [2.05, 4.69) is 49.5 Å². The molecule has 100 valence electrons. The molecule has 0 aromatic heterocycles. The lowest BCUT2D eigenvalue weighted by molar-refractivity contribution is 0.0610. The minimum absolute atomic E-state index is 0.372. The number of hydrogen-bond donors (Lipinski definition) is 1. The lowest BCUT2D eigenvalue weighted by Gasteiger charge is -2.27. The molecule has 0 amide bonds. The molecule has 1 aliphatic rings. The highest BCUT2D eigenvalue weighted by molar-refractivity contribution is 5.16. The van der Waals surface area contributed by atoms with E-state index in [1.54, 1.807) is 0 Å². The van der Waals surface area contributed by atoms with E-state index in [0.717, 1.165) is 19.6 Å². The number of ether oxygens (including phenoxy) is 1. The van der Waals surface area contributed by atoms with E-state index in [-0.39, 0.29) is 0 Å². The highest BCUT2D eigenvalue weighted by Crippen LogP contribution is 2.24. The summed E-state index contributed by atoms with van der Waals surface area (Å²) in [4.78, 5) is 0. The smallest absolute Gasteiger partial charge is 0.0757 e. The van der Waals surface area contributed by atoms with Gasteiger partial charge in [0.25, 0.3) is 0 Å². The molecule has 2 nitrogen and oxygen atoms in total. The Labute approximate surface area is 111 Å². The van der Waals surface area contributed by atoms with Crippen molar-refractivity contribution in [3.63, 3.8) is 0 Å². The fourth-order valence-electron chi connectivity index (χ4n) is 2.73. The first kappa shape index (κ1) is 13.6. The van der Waals surface area contributed by atoms with E-state index < -0.39 is 0 Å². The Hall–Kier alpha value is -0.860. The van der Waals surface area contributed by atoms with Crippen LogP contribution in [0.4, 0.5) is 0 Å². The second-order valence-electron chi connectivity index (χ2n) is 5.35.